The van der Waals surface area contributed by atoms with Gasteiger partial charge >= 0.3 is 0 Å². The molecule has 1 aromatic carbocycles. The zero-order valence-electron chi connectivity index (χ0n) is 10.7. The molecule has 0 saturated heterocycles. The predicted molar refractivity (Wildman–Crippen MR) is 73.3 cm³/mol. The Hall–Kier alpha value is -2.94. The Labute approximate surface area is 116 Å². The molecule has 6 nitrogen and oxygen atoms in total. The molecule has 0 atom stereocenters. The van der Waals surface area contributed by atoms with Crippen molar-refractivity contribution in [2.45, 2.75) is 6.42 Å². The van der Waals surface area contributed by atoms with Gasteiger partial charge in [0, 0.05) is 19.0 Å². The molecule has 0 aliphatic rings. The maximum Gasteiger partial charge on any atom is 0.244 e. The molecular formula is C14H13N5O. The highest BCUT2D eigenvalue weighted by Crippen LogP contribution is 2.04. The van der Waals surface area contributed by atoms with Crippen LogP contribution in [0.5, 0.6) is 0 Å². The van der Waals surface area contributed by atoms with Gasteiger partial charge in [0.2, 0.25) is 5.91 Å². The Morgan fingerprint density at radius 3 is 2.85 bits per heavy atom. The maximum atomic E-state index is 11.6. The number of nitriles is 1. The third-order valence-corrected chi connectivity index (χ3v) is 2.59. The molecular weight excluding hydrogens is 254 g/mol. The molecule has 1 amide bonds. The van der Waals surface area contributed by atoms with E-state index in [9.17, 15) is 4.79 Å². The SMILES string of the molecule is N#Cc1ccc(C=CC(=O)NCCc2ncn[nH]2)cc1. The van der Waals surface area contributed by atoms with E-state index in [4.69, 9.17) is 5.26 Å². The number of hydrogen-bond acceptors (Lipinski definition) is 4. The molecule has 20 heavy (non-hydrogen) atoms. The highest BCUT2D eigenvalue weighted by molar-refractivity contribution is 5.91. The summed E-state index contributed by atoms with van der Waals surface area (Å²) < 4.78 is 0. The van der Waals surface area contributed by atoms with Gasteiger partial charge in [-0.1, -0.05) is 12.1 Å². The lowest BCUT2D eigenvalue weighted by Crippen LogP contribution is -2.23. The van der Waals surface area contributed by atoms with Gasteiger partial charge in [-0.15, -0.1) is 0 Å². The minimum absolute atomic E-state index is 0.172. The van der Waals surface area contributed by atoms with Crippen LogP contribution in [0.3, 0.4) is 0 Å². The number of nitrogens with zero attached hydrogens (tertiary/aromatic N) is 3. The van der Waals surface area contributed by atoms with Crippen LogP contribution in [0, 0.1) is 11.3 Å². The smallest absolute Gasteiger partial charge is 0.244 e. The van der Waals surface area contributed by atoms with E-state index in [1.165, 1.54) is 12.4 Å². The Kier molecular flexibility index (Phi) is 4.62. The van der Waals surface area contributed by atoms with Crippen LogP contribution in [-0.4, -0.2) is 27.6 Å². The van der Waals surface area contributed by atoms with Crippen molar-refractivity contribution in [2.75, 3.05) is 6.54 Å². The summed E-state index contributed by atoms with van der Waals surface area (Å²) in [7, 11) is 0. The van der Waals surface area contributed by atoms with Crippen LogP contribution in [0.4, 0.5) is 0 Å². The number of amides is 1. The zero-order chi connectivity index (χ0) is 14.2. The molecule has 0 aliphatic carbocycles. The summed E-state index contributed by atoms with van der Waals surface area (Å²) in [6.45, 7) is 0.492. The molecule has 2 rings (SSSR count). The van der Waals surface area contributed by atoms with Crippen molar-refractivity contribution < 1.29 is 4.79 Å². The molecule has 0 aliphatic heterocycles. The number of aromatic amines is 1. The summed E-state index contributed by atoms with van der Waals surface area (Å²) in [4.78, 5) is 15.5. The third-order valence-electron chi connectivity index (χ3n) is 2.59. The summed E-state index contributed by atoms with van der Waals surface area (Å²) in [6, 6.07) is 9.04. The third kappa shape index (κ3) is 4.07. The fourth-order valence-corrected chi connectivity index (χ4v) is 1.55. The number of H-pyrrole nitrogens is 1. The Morgan fingerprint density at radius 2 is 2.20 bits per heavy atom. The molecule has 1 heterocycles. The second-order valence-corrected chi connectivity index (χ2v) is 4.04. The zero-order valence-corrected chi connectivity index (χ0v) is 10.7. The van der Waals surface area contributed by atoms with Crippen molar-refractivity contribution in [1.29, 1.82) is 5.26 Å². The summed E-state index contributed by atoms with van der Waals surface area (Å²) in [5.74, 6) is 0.565. The largest absolute Gasteiger partial charge is 0.352 e. The van der Waals surface area contributed by atoms with Gasteiger partial charge in [0.05, 0.1) is 11.6 Å². The fourth-order valence-electron chi connectivity index (χ4n) is 1.55. The van der Waals surface area contributed by atoms with Crippen LogP contribution < -0.4 is 5.32 Å². The van der Waals surface area contributed by atoms with Gasteiger partial charge in [-0.2, -0.15) is 10.4 Å². The van der Waals surface area contributed by atoms with Gasteiger partial charge < -0.3 is 5.32 Å². The molecule has 0 saturated carbocycles. The summed E-state index contributed by atoms with van der Waals surface area (Å²) in [5.41, 5.74) is 1.47. The predicted octanol–water partition coefficient (Wildman–Crippen LogP) is 1.05. The normalized spacial score (nSPS) is 10.3. The van der Waals surface area contributed by atoms with E-state index in [-0.39, 0.29) is 5.91 Å². The average molecular weight is 267 g/mol. The fraction of sp³-hybridized carbons (Fsp3) is 0.143. The molecule has 0 unspecified atom stereocenters. The van der Waals surface area contributed by atoms with Crippen LogP contribution in [0.2, 0.25) is 0 Å². The van der Waals surface area contributed by atoms with Crippen molar-refractivity contribution in [1.82, 2.24) is 20.5 Å². The molecule has 0 bridgehead atoms. The molecule has 2 N–H and O–H groups in total. The van der Waals surface area contributed by atoms with E-state index in [0.29, 0.717) is 18.5 Å². The van der Waals surface area contributed by atoms with Crippen molar-refractivity contribution in [3.8, 4) is 6.07 Å². The first-order valence-electron chi connectivity index (χ1n) is 6.08. The lowest BCUT2D eigenvalue weighted by molar-refractivity contribution is -0.116. The highest BCUT2D eigenvalue weighted by Gasteiger charge is 1.98. The van der Waals surface area contributed by atoms with Crippen LogP contribution >= 0.6 is 0 Å². The van der Waals surface area contributed by atoms with Gasteiger partial charge in [0.1, 0.15) is 12.2 Å². The quantitative estimate of drug-likeness (QED) is 0.791. The lowest BCUT2D eigenvalue weighted by Gasteiger charge is -1.99. The number of hydrogen-bond donors (Lipinski definition) is 2. The summed E-state index contributed by atoms with van der Waals surface area (Å²) >= 11 is 0. The maximum absolute atomic E-state index is 11.6. The Bertz CT molecular complexity index is 623. The second kappa shape index (κ2) is 6.85. The van der Waals surface area contributed by atoms with Crippen LogP contribution in [-0.2, 0) is 11.2 Å². The first kappa shape index (κ1) is 13.5. The van der Waals surface area contributed by atoms with E-state index in [2.05, 4.69) is 20.5 Å². The van der Waals surface area contributed by atoms with Crippen molar-refractivity contribution in [3.63, 3.8) is 0 Å². The van der Waals surface area contributed by atoms with Gasteiger partial charge in [0.25, 0.3) is 0 Å². The second-order valence-electron chi connectivity index (χ2n) is 4.04. The number of rotatable bonds is 5. The number of benzene rings is 1. The monoisotopic (exact) mass is 267 g/mol. The Morgan fingerprint density at radius 1 is 1.40 bits per heavy atom. The van der Waals surface area contributed by atoms with E-state index in [1.807, 2.05) is 6.07 Å². The first-order chi connectivity index (χ1) is 9.78. The topological polar surface area (TPSA) is 94.5 Å². The van der Waals surface area contributed by atoms with Gasteiger partial charge in [-0.25, -0.2) is 4.98 Å². The number of aromatic nitrogens is 3. The molecule has 0 radical (unpaired) electrons. The summed E-state index contributed by atoms with van der Waals surface area (Å²) in [5, 5.41) is 17.9. The van der Waals surface area contributed by atoms with Crippen LogP contribution in [0.15, 0.2) is 36.7 Å². The molecule has 0 fully saturated rings. The standard InChI is InChI=1S/C14H13N5O/c15-9-12-3-1-11(2-4-12)5-6-14(20)16-8-7-13-17-10-18-19-13/h1-6,10H,7-8H2,(H,16,20)(H,17,18,19). The molecule has 0 spiro atoms. The van der Waals surface area contributed by atoms with E-state index < -0.39 is 0 Å². The number of carbonyl (C=O) groups is 1. The van der Waals surface area contributed by atoms with Crippen molar-refractivity contribution >= 4 is 12.0 Å². The average Bonchev–Trinajstić information content (AvgIpc) is 2.99. The van der Waals surface area contributed by atoms with Gasteiger partial charge in [-0.05, 0) is 23.8 Å². The van der Waals surface area contributed by atoms with E-state index >= 15 is 0 Å². The molecule has 1 aromatic heterocycles. The number of nitrogens with one attached hydrogen (secondary N) is 2. The minimum atomic E-state index is -0.172. The molecule has 6 heteroatoms. The van der Waals surface area contributed by atoms with Crippen molar-refractivity contribution in [3.05, 3.63) is 53.6 Å². The van der Waals surface area contributed by atoms with Crippen LogP contribution in [0.25, 0.3) is 6.08 Å². The molecule has 100 valence electrons. The van der Waals surface area contributed by atoms with E-state index in [1.54, 1.807) is 30.3 Å². The summed E-state index contributed by atoms with van der Waals surface area (Å²) in [6.07, 6.45) is 5.20. The minimum Gasteiger partial charge on any atom is -0.352 e. The lowest BCUT2D eigenvalue weighted by atomic mass is 10.1. The van der Waals surface area contributed by atoms with Crippen LogP contribution in [0.1, 0.15) is 17.0 Å². The van der Waals surface area contributed by atoms with E-state index in [0.717, 1.165) is 11.4 Å². The van der Waals surface area contributed by atoms with Gasteiger partial charge in [-0.3, -0.25) is 9.89 Å². The molecule has 2 aromatic rings. The highest BCUT2D eigenvalue weighted by atomic mass is 16.1. The number of carbonyl (C=O) groups excluding carboxylic acids is 1. The van der Waals surface area contributed by atoms with Gasteiger partial charge in [0.15, 0.2) is 0 Å². The Balaban J connectivity index is 1.78. The first-order valence-corrected chi connectivity index (χ1v) is 6.08. The van der Waals surface area contributed by atoms with Crippen molar-refractivity contribution in [2.24, 2.45) is 0 Å².